The first-order valence-corrected chi connectivity index (χ1v) is 5.16. The molecule has 0 atom stereocenters. The van der Waals surface area contributed by atoms with Crippen LogP contribution in [0.25, 0.3) is 4.98 Å². The van der Waals surface area contributed by atoms with E-state index in [-0.39, 0.29) is 0 Å². The van der Waals surface area contributed by atoms with Crippen molar-refractivity contribution >= 4 is 12.9 Å². The lowest BCUT2D eigenvalue weighted by atomic mass is 10.0. The zero-order valence-electron chi connectivity index (χ0n) is 9.63. The van der Waals surface area contributed by atoms with Crippen molar-refractivity contribution < 1.29 is 17.3 Å². The fourth-order valence-corrected chi connectivity index (χ4v) is 1.34. The largest absolute Gasteiger partial charge is 0.673 e. The van der Waals surface area contributed by atoms with Gasteiger partial charge < -0.3 is 17.3 Å². The smallest absolute Gasteiger partial charge is 0.418 e. The minimum Gasteiger partial charge on any atom is -0.418 e. The summed E-state index contributed by atoms with van der Waals surface area (Å²) in [5, 5.41) is 8.79. The fraction of sp³-hybridized carbons (Fsp3) is 0.400. The minimum atomic E-state index is -6.00. The molecule has 0 spiro atoms. The number of halogens is 4. The van der Waals surface area contributed by atoms with Gasteiger partial charge in [0.25, 0.3) is 0 Å². The van der Waals surface area contributed by atoms with E-state index < -0.39 is 7.25 Å². The van der Waals surface area contributed by atoms with E-state index in [9.17, 15) is 17.3 Å². The summed E-state index contributed by atoms with van der Waals surface area (Å²) in [5.41, 5.74) is 2.97. The highest BCUT2D eigenvalue weighted by atomic mass is 19.5. The van der Waals surface area contributed by atoms with Crippen LogP contribution in [-0.2, 0) is 12.8 Å². The van der Waals surface area contributed by atoms with E-state index in [2.05, 4.69) is 18.8 Å². The van der Waals surface area contributed by atoms with Crippen LogP contribution in [0, 0.1) is 5.39 Å². The highest BCUT2D eigenvalue weighted by molar-refractivity contribution is 6.50. The Hall–Kier alpha value is -1.58. The number of hydrogen-bond donors (Lipinski definition) is 0. The molecule has 0 fully saturated rings. The Labute approximate surface area is 97.4 Å². The van der Waals surface area contributed by atoms with Crippen LogP contribution in [0.5, 0.6) is 0 Å². The van der Waals surface area contributed by atoms with Crippen molar-refractivity contribution in [2.24, 2.45) is 0 Å². The standard InChI is InChI=1S/C10H13N2.BF4/c1-3-8-6-5-7-9(4-2)10(8)12-11;2-1(3,4)5/h5-7H,3-4H2,1-2H3;/q+1;-1. The van der Waals surface area contributed by atoms with Crippen molar-refractivity contribution in [1.82, 2.24) is 0 Å². The molecule has 7 heteroatoms. The molecule has 0 heterocycles. The Bertz CT molecular complexity index is 370. The summed E-state index contributed by atoms with van der Waals surface area (Å²) >= 11 is 0. The molecule has 0 N–H and O–H groups in total. The van der Waals surface area contributed by atoms with Gasteiger partial charge in [-0.05, 0) is 12.8 Å². The van der Waals surface area contributed by atoms with Crippen LogP contribution in [0.15, 0.2) is 18.2 Å². The predicted octanol–water partition coefficient (Wildman–Crippen LogP) is 4.60. The summed E-state index contributed by atoms with van der Waals surface area (Å²) < 4.78 is 39.0. The van der Waals surface area contributed by atoms with Gasteiger partial charge in [-0.25, -0.2) is 0 Å². The van der Waals surface area contributed by atoms with Crippen molar-refractivity contribution in [3.8, 4) is 0 Å². The van der Waals surface area contributed by atoms with Gasteiger partial charge in [0.2, 0.25) is 5.39 Å². The average molecular weight is 248 g/mol. The molecule has 0 aliphatic carbocycles. The van der Waals surface area contributed by atoms with E-state index in [0.717, 1.165) is 29.7 Å². The maximum Gasteiger partial charge on any atom is 0.673 e. The minimum absolute atomic E-state index is 0.752. The summed E-state index contributed by atoms with van der Waals surface area (Å²) in [6, 6.07) is 5.99. The van der Waals surface area contributed by atoms with E-state index in [0.29, 0.717) is 0 Å². The Morgan fingerprint density at radius 2 is 1.41 bits per heavy atom. The van der Waals surface area contributed by atoms with E-state index >= 15 is 0 Å². The second-order valence-electron chi connectivity index (χ2n) is 3.23. The number of benzene rings is 1. The number of rotatable bonds is 2. The van der Waals surface area contributed by atoms with Gasteiger partial charge in [0.1, 0.15) is 0 Å². The van der Waals surface area contributed by atoms with Crippen LogP contribution in [-0.4, -0.2) is 7.25 Å². The summed E-state index contributed by atoms with van der Waals surface area (Å²) in [5.74, 6) is 0. The van der Waals surface area contributed by atoms with Gasteiger partial charge in [-0.1, -0.05) is 32.0 Å². The van der Waals surface area contributed by atoms with Crippen molar-refractivity contribution in [3.63, 3.8) is 0 Å². The molecule has 1 aromatic rings. The highest BCUT2D eigenvalue weighted by Crippen LogP contribution is 2.25. The lowest BCUT2D eigenvalue weighted by molar-refractivity contribution is 0.368. The van der Waals surface area contributed by atoms with Crippen LogP contribution < -0.4 is 0 Å². The molecule has 1 rings (SSSR count). The maximum absolute atomic E-state index is 9.75. The molecule has 0 saturated carbocycles. The third kappa shape index (κ3) is 6.56. The summed E-state index contributed by atoms with van der Waals surface area (Å²) in [4.78, 5) is 3.31. The second kappa shape index (κ2) is 6.89. The number of hydrogen-bond acceptors (Lipinski definition) is 1. The SMILES string of the molecule is CCc1cccc(CC)c1[N+]#N.F[B-](F)(F)F. The molecule has 0 unspecified atom stereocenters. The highest BCUT2D eigenvalue weighted by Gasteiger charge is 2.20. The second-order valence-corrected chi connectivity index (χ2v) is 3.23. The number of aryl methyl sites for hydroxylation is 2. The lowest BCUT2D eigenvalue weighted by Crippen LogP contribution is -2.02. The van der Waals surface area contributed by atoms with Crippen LogP contribution >= 0.6 is 0 Å². The Kier molecular flexibility index (Phi) is 6.25. The molecule has 0 aromatic heterocycles. The van der Waals surface area contributed by atoms with Gasteiger partial charge in [0, 0.05) is 11.1 Å². The van der Waals surface area contributed by atoms with Gasteiger partial charge >= 0.3 is 12.9 Å². The predicted molar refractivity (Wildman–Crippen MR) is 60.1 cm³/mol. The summed E-state index contributed by atoms with van der Waals surface area (Å²) in [6.07, 6.45) is 1.82. The van der Waals surface area contributed by atoms with Crippen LogP contribution in [0.1, 0.15) is 25.0 Å². The van der Waals surface area contributed by atoms with Crippen molar-refractivity contribution in [1.29, 1.82) is 5.39 Å². The number of diazo groups is 1. The topological polar surface area (TPSA) is 28.1 Å². The molecule has 0 bridgehead atoms. The van der Waals surface area contributed by atoms with Crippen LogP contribution in [0.3, 0.4) is 0 Å². The van der Waals surface area contributed by atoms with E-state index in [1.54, 1.807) is 0 Å². The molecular weight excluding hydrogens is 235 g/mol. The van der Waals surface area contributed by atoms with Crippen molar-refractivity contribution in [3.05, 3.63) is 34.3 Å². The van der Waals surface area contributed by atoms with Gasteiger partial charge in [-0.2, -0.15) is 0 Å². The average Bonchev–Trinajstić information content (AvgIpc) is 2.25. The molecule has 94 valence electrons. The Balaban J connectivity index is 0.000000437. The third-order valence-electron chi connectivity index (χ3n) is 2.06. The third-order valence-corrected chi connectivity index (χ3v) is 2.06. The summed E-state index contributed by atoms with van der Waals surface area (Å²) in [6.45, 7) is 4.12. The molecule has 0 saturated heterocycles. The first-order valence-electron chi connectivity index (χ1n) is 5.16. The van der Waals surface area contributed by atoms with E-state index in [1.807, 2.05) is 18.2 Å². The molecule has 0 aliphatic heterocycles. The first-order chi connectivity index (χ1) is 7.83. The van der Waals surface area contributed by atoms with Gasteiger partial charge in [0.15, 0.2) is 4.98 Å². The van der Waals surface area contributed by atoms with Crippen molar-refractivity contribution in [2.45, 2.75) is 26.7 Å². The normalized spacial score (nSPS) is 10.2. The molecule has 2 nitrogen and oxygen atoms in total. The van der Waals surface area contributed by atoms with Crippen molar-refractivity contribution in [2.75, 3.05) is 0 Å². The zero-order valence-corrected chi connectivity index (χ0v) is 9.63. The maximum atomic E-state index is 9.75. The number of nitrogens with zero attached hydrogens (tertiary/aromatic N) is 2. The Morgan fingerprint density at radius 1 is 1.06 bits per heavy atom. The summed E-state index contributed by atoms with van der Waals surface area (Å²) in [7, 11) is -6.00. The van der Waals surface area contributed by atoms with Gasteiger partial charge in [0.05, 0.1) is 0 Å². The monoisotopic (exact) mass is 248 g/mol. The molecule has 0 radical (unpaired) electrons. The molecule has 0 amide bonds. The Morgan fingerprint density at radius 3 is 1.65 bits per heavy atom. The zero-order chi connectivity index (χ0) is 13.5. The van der Waals surface area contributed by atoms with E-state index in [1.165, 1.54) is 0 Å². The van der Waals surface area contributed by atoms with Crippen LogP contribution in [0.4, 0.5) is 23.0 Å². The quantitative estimate of drug-likeness (QED) is 0.427. The molecular formula is C10H13BF4N2. The first kappa shape index (κ1) is 15.4. The van der Waals surface area contributed by atoms with E-state index in [4.69, 9.17) is 5.39 Å². The molecule has 1 aromatic carbocycles. The van der Waals surface area contributed by atoms with Gasteiger partial charge in [-0.15, -0.1) is 0 Å². The van der Waals surface area contributed by atoms with Gasteiger partial charge in [-0.3, -0.25) is 0 Å². The lowest BCUT2D eigenvalue weighted by Gasteiger charge is -1.95. The fourth-order valence-electron chi connectivity index (χ4n) is 1.34. The molecule has 0 aliphatic rings. The van der Waals surface area contributed by atoms with Crippen LogP contribution in [0.2, 0.25) is 0 Å². The molecule has 17 heavy (non-hydrogen) atoms.